The minimum Gasteiger partial charge on any atom is -0.356 e. The highest BCUT2D eigenvalue weighted by Gasteiger charge is 2.20. The number of hydrogen-bond acceptors (Lipinski definition) is 3. The van der Waals surface area contributed by atoms with E-state index in [1.807, 2.05) is 19.2 Å². The lowest BCUT2D eigenvalue weighted by atomic mass is 10.1. The standard InChI is InChI=1S/C20H25BrFN5/c1-14-3-6-19(24-12-14)27-9-7-16(8-10-27)26-20(23-2)25-13-15-4-5-17(21)18(22)11-15/h3-6,11-12,16H,7-10,13H2,1-2H3,(H2,23,25,26). The molecule has 1 aliphatic rings. The molecule has 0 aliphatic carbocycles. The van der Waals surface area contributed by atoms with Crippen LogP contribution in [0.15, 0.2) is 46.0 Å². The predicted molar refractivity (Wildman–Crippen MR) is 112 cm³/mol. The van der Waals surface area contributed by atoms with Crippen LogP contribution in [0, 0.1) is 12.7 Å². The molecule has 3 rings (SSSR count). The number of aryl methyl sites for hydroxylation is 1. The van der Waals surface area contributed by atoms with Crippen molar-refractivity contribution in [2.45, 2.75) is 32.4 Å². The van der Waals surface area contributed by atoms with Gasteiger partial charge in [0, 0.05) is 38.9 Å². The fourth-order valence-electron chi connectivity index (χ4n) is 3.12. The summed E-state index contributed by atoms with van der Waals surface area (Å²) in [4.78, 5) is 11.1. The predicted octanol–water partition coefficient (Wildman–Crippen LogP) is 3.63. The molecule has 0 atom stereocenters. The molecule has 0 unspecified atom stereocenters. The maximum Gasteiger partial charge on any atom is 0.191 e. The first-order valence-electron chi connectivity index (χ1n) is 9.14. The monoisotopic (exact) mass is 433 g/mol. The van der Waals surface area contributed by atoms with Gasteiger partial charge in [0.2, 0.25) is 0 Å². The molecule has 1 aromatic heterocycles. The zero-order chi connectivity index (χ0) is 19.2. The molecule has 2 N–H and O–H groups in total. The first-order valence-corrected chi connectivity index (χ1v) is 9.93. The van der Waals surface area contributed by atoms with Crippen LogP contribution >= 0.6 is 15.9 Å². The van der Waals surface area contributed by atoms with Crippen LogP contribution in [0.5, 0.6) is 0 Å². The number of guanidine groups is 1. The first kappa shape index (κ1) is 19.6. The third kappa shape index (κ3) is 5.42. The molecule has 1 aromatic carbocycles. The van der Waals surface area contributed by atoms with Gasteiger partial charge in [0.25, 0.3) is 0 Å². The third-order valence-corrected chi connectivity index (χ3v) is 5.37. The number of hydrogen-bond donors (Lipinski definition) is 2. The maximum absolute atomic E-state index is 13.6. The summed E-state index contributed by atoms with van der Waals surface area (Å²) in [5, 5.41) is 6.73. The number of pyridine rings is 1. The van der Waals surface area contributed by atoms with Gasteiger partial charge in [0.15, 0.2) is 5.96 Å². The van der Waals surface area contributed by atoms with E-state index in [2.05, 4.69) is 53.6 Å². The van der Waals surface area contributed by atoms with Crippen LogP contribution in [0.1, 0.15) is 24.0 Å². The van der Waals surface area contributed by atoms with E-state index in [9.17, 15) is 4.39 Å². The number of halogens is 2. The van der Waals surface area contributed by atoms with Gasteiger partial charge in [0.05, 0.1) is 4.47 Å². The molecule has 0 radical (unpaired) electrons. The Kier molecular flexibility index (Phi) is 6.66. The van der Waals surface area contributed by atoms with Gasteiger partial charge < -0.3 is 15.5 Å². The van der Waals surface area contributed by atoms with Crippen molar-refractivity contribution in [3.05, 3.63) is 57.9 Å². The van der Waals surface area contributed by atoms with Crippen LogP contribution in [-0.2, 0) is 6.54 Å². The quantitative estimate of drug-likeness (QED) is 0.570. The van der Waals surface area contributed by atoms with Crippen LogP contribution in [0.3, 0.4) is 0 Å². The molecular formula is C20H25BrFN5. The number of aromatic nitrogens is 1. The average Bonchev–Trinajstić information content (AvgIpc) is 2.69. The van der Waals surface area contributed by atoms with E-state index >= 15 is 0 Å². The van der Waals surface area contributed by atoms with Crippen molar-refractivity contribution < 1.29 is 4.39 Å². The fraction of sp³-hybridized carbons (Fsp3) is 0.400. The van der Waals surface area contributed by atoms with Crippen LogP contribution in [0.2, 0.25) is 0 Å². The van der Waals surface area contributed by atoms with Crippen molar-refractivity contribution >= 4 is 27.7 Å². The van der Waals surface area contributed by atoms with Gasteiger partial charge in [-0.3, -0.25) is 4.99 Å². The Labute approximate surface area is 168 Å². The minimum atomic E-state index is -0.255. The molecule has 1 aliphatic heterocycles. The van der Waals surface area contributed by atoms with Gasteiger partial charge in [-0.1, -0.05) is 12.1 Å². The van der Waals surface area contributed by atoms with Crippen LogP contribution in [0.4, 0.5) is 10.2 Å². The summed E-state index contributed by atoms with van der Waals surface area (Å²) in [6.45, 7) is 4.50. The summed E-state index contributed by atoms with van der Waals surface area (Å²) in [6.07, 6.45) is 3.95. The van der Waals surface area contributed by atoms with Gasteiger partial charge in [-0.25, -0.2) is 9.37 Å². The number of rotatable bonds is 4. The van der Waals surface area contributed by atoms with E-state index in [4.69, 9.17) is 0 Å². The van der Waals surface area contributed by atoms with Gasteiger partial charge in [-0.2, -0.15) is 0 Å². The highest BCUT2D eigenvalue weighted by Crippen LogP contribution is 2.18. The second-order valence-electron chi connectivity index (χ2n) is 6.77. The Balaban J connectivity index is 1.48. The molecule has 1 saturated heterocycles. The van der Waals surface area contributed by atoms with E-state index < -0.39 is 0 Å². The normalized spacial score (nSPS) is 15.7. The van der Waals surface area contributed by atoms with E-state index in [0.29, 0.717) is 17.1 Å². The number of nitrogens with zero attached hydrogens (tertiary/aromatic N) is 3. The van der Waals surface area contributed by atoms with Crippen molar-refractivity contribution in [3.63, 3.8) is 0 Å². The van der Waals surface area contributed by atoms with Crippen LogP contribution < -0.4 is 15.5 Å². The molecule has 0 bridgehead atoms. The number of benzene rings is 1. The van der Waals surface area contributed by atoms with Gasteiger partial charge in [-0.05, 0) is 65.0 Å². The smallest absolute Gasteiger partial charge is 0.191 e. The van der Waals surface area contributed by atoms with Crippen molar-refractivity contribution in [1.82, 2.24) is 15.6 Å². The van der Waals surface area contributed by atoms with E-state index in [-0.39, 0.29) is 5.82 Å². The Morgan fingerprint density at radius 3 is 2.70 bits per heavy atom. The minimum absolute atomic E-state index is 0.255. The second kappa shape index (κ2) is 9.17. The van der Waals surface area contributed by atoms with E-state index in [1.54, 1.807) is 13.1 Å². The van der Waals surface area contributed by atoms with Crippen molar-refractivity contribution in [3.8, 4) is 0 Å². The largest absolute Gasteiger partial charge is 0.356 e. The number of aliphatic imine (C=N–C) groups is 1. The highest BCUT2D eigenvalue weighted by molar-refractivity contribution is 9.10. The molecule has 2 heterocycles. The molecule has 2 aromatic rings. The summed E-state index contributed by atoms with van der Waals surface area (Å²) in [6, 6.07) is 9.68. The zero-order valence-corrected chi connectivity index (χ0v) is 17.3. The molecular weight excluding hydrogens is 409 g/mol. The summed E-state index contributed by atoms with van der Waals surface area (Å²) in [5.74, 6) is 1.53. The molecule has 0 saturated carbocycles. The Morgan fingerprint density at radius 1 is 1.30 bits per heavy atom. The van der Waals surface area contributed by atoms with Gasteiger partial charge >= 0.3 is 0 Å². The number of anilines is 1. The lowest BCUT2D eigenvalue weighted by Gasteiger charge is -2.33. The van der Waals surface area contributed by atoms with Gasteiger partial charge in [-0.15, -0.1) is 0 Å². The molecule has 7 heteroatoms. The molecule has 1 fully saturated rings. The summed E-state index contributed by atoms with van der Waals surface area (Å²) in [5.41, 5.74) is 2.05. The zero-order valence-electron chi connectivity index (χ0n) is 15.7. The Hall–Kier alpha value is -2.15. The Morgan fingerprint density at radius 2 is 2.07 bits per heavy atom. The highest BCUT2D eigenvalue weighted by atomic mass is 79.9. The third-order valence-electron chi connectivity index (χ3n) is 4.72. The van der Waals surface area contributed by atoms with Crippen molar-refractivity contribution in [1.29, 1.82) is 0 Å². The molecule has 5 nitrogen and oxygen atoms in total. The second-order valence-corrected chi connectivity index (χ2v) is 7.63. The topological polar surface area (TPSA) is 52.6 Å². The van der Waals surface area contributed by atoms with Crippen molar-refractivity contribution in [2.24, 2.45) is 4.99 Å². The number of piperidine rings is 1. The summed E-state index contributed by atoms with van der Waals surface area (Å²) >= 11 is 3.17. The SMILES string of the molecule is CN=C(NCc1ccc(Br)c(F)c1)NC1CCN(c2ccc(C)cn2)CC1. The lowest BCUT2D eigenvalue weighted by Crippen LogP contribution is -2.48. The summed E-state index contributed by atoms with van der Waals surface area (Å²) in [7, 11) is 1.75. The molecule has 144 valence electrons. The average molecular weight is 434 g/mol. The Bertz CT molecular complexity index is 785. The number of nitrogens with one attached hydrogen (secondary N) is 2. The maximum atomic E-state index is 13.6. The van der Waals surface area contributed by atoms with Crippen LogP contribution in [-0.4, -0.2) is 37.1 Å². The first-order chi connectivity index (χ1) is 13.0. The molecule has 0 spiro atoms. The van der Waals surface area contributed by atoms with Crippen LogP contribution in [0.25, 0.3) is 0 Å². The van der Waals surface area contributed by atoms with Crippen molar-refractivity contribution in [2.75, 3.05) is 25.0 Å². The molecule has 0 amide bonds. The van der Waals surface area contributed by atoms with E-state index in [0.717, 1.165) is 43.3 Å². The lowest BCUT2D eigenvalue weighted by molar-refractivity contribution is 0.459. The fourth-order valence-corrected chi connectivity index (χ4v) is 3.37. The van der Waals surface area contributed by atoms with Gasteiger partial charge in [0.1, 0.15) is 11.6 Å². The summed E-state index contributed by atoms with van der Waals surface area (Å²) < 4.78 is 14.1. The molecule has 27 heavy (non-hydrogen) atoms. The van der Waals surface area contributed by atoms with E-state index in [1.165, 1.54) is 11.6 Å².